The Kier molecular flexibility index (Phi) is 20.7. The molecule has 29 heteroatoms. The van der Waals surface area contributed by atoms with E-state index in [1.54, 1.807) is 0 Å². The summed E-state index contributed by atoms with van der Waals surface area (Å²) in [5.74, 6) is -9.18. The van der Waals surface area contributed by atoms with E-state index in [-0.39, 0.29) is 49.6 Å². The molecule has 3 amide bonds. The van der Waals surface area contributed by atoms with Crippen LogP contribution >= 0.6 is 0 Å². The van der Waals surface area contributed by atoms with Crippen LogP contribution in [0.5, 0.6) is 0 Å². The molecule has 26 nitrogen and oxygen atoms in total. The molecule has 3 aliphatic heterocycles. The van der Waals surface area contributed by atoms with Crippen LogP contribution < -0.4 is 16.0 Å². The lowest BCUT2D eigenvalue weighted by Crippen LogP contribution is -2.68. The minimum absolute atomic E-state index is 0.0192. The van der Waals surface area contributed by atoms with E-state index < -0.39 is 177 Å². The number of nitrogens with one attached hydrogen (secondary N) is 3. The van der Waals surface area contributed by atoms with Crippen molar-refractivity contribution in [3.05, 3.63) is 35.8 Å². The summed E-state index contributed by atoms with van der Waals surface area (Å²) in [6.45, 7) is 1.39. The Morgan fingerprint density at radius 1 is 0.779 bits per heavy atom. The van der Waals surface area contributed by atoms with Gasteiger partial charge >= 0.3 is 5.97 Å². The number of halogens is 3. The van der Waals surface area contributed by atoms with Gasteiger partial charge in [0.15, 0.2) is 42.4 Å². The second-order valence-electron chi connectivity index (χ2n) is 20.2. The van der Waals surface area contributed by atoms with Gasteiger partial charge in [0.1, 0.15) is 78.8 Å². The number of aromatic nitrogens is 3. The first-order valence-electron chi connectivity index (χ1n) is 25.6. The number of aliphatic hydroxyl groups is 8. The van der Waals surface area contributed by atoms with Crippen molar-refractivity contribution in [1.29, 1.82) is 0 Å². The number of benzene rings is 1. The molecule has 2 aromatic rings. The molecule has 1 aromatic carbocycles. The van der Waals surface area contributed by atoms with Gasteiger partial charge in [-0.2, -0.15) is 0 Å². The fraction of sp³-hybridized carbons (Fsp3) is 0.750. The van der Waals surface area contributed by atoms with E-state index in [1.807, 2.05) is 0 Å². The van der Waals surface area contributed by atoms with Crippen molar-refractivity contribution in [2.75, 3.05) is 26.4 Å². The van der Waals surface area contributed by atoms with Crippen LogP contribution in [0.15, 0.2) is 18.3 Å². The van der Waals surface area contributed by atoms with E-state index in [9.17, 15) is 78.3 Å². The Hall–Kier alpha value is -4.57. The van der Waals surface area contributed by atoms with Gasteiger partial charge in [0, 0.05) is 31.9 Å². The number of aliphatic carboxylic acids is 1. The number of carbonyl (C=O) groups excluding carboxylic acids is 3. The molecule has 12 unspecified atom stereocenters. The lowest BCUT2D eigenvalue weighted by Gasteiger charge is -2.49. The van der Waals surface area contributed by atoms with Crippen LogP contribution in [0.25, 0.3) is 11.3 Å². The Balaban J connectivity index is 1.10. The predicted octanol–water partition coefficient (Wildman–Crippen LogP) is -2.62. The summed E-state index contributed by atoms with van der Waals surface area (Å²) >= 11 is 0. The number of amides is 3. The summed E-state index contributed by atoms with van der Waals surface area (Å²) < 4.78 is 84.9. The number of ether oxygens (including phenoxy) is 7. The fourth-order valence-corrected chi connectivity index (χ4v) is 10.7. The zero-order valence-electron chi connectivity index (χ0n) is 42.3. The molecular weight excluding hydrogens is 1040 g/mol. The average molecular weight is 1110 g/mol. The number of carboxylic acid groups (broad SMARTS) is 1. The van der Waals surface area contributed by atoms with Gasteiger partial charge in [0.05, 0.1) is 44.3 Å². The van der Waals surface area contributed by atoms with Crippen molar-refractivity contribution in [1.82, 2.24) is 30.9 Å². The highest BCUT2D eigenvalue weighted by Gasteiger charge is 2.54. The lowest BCUT2D eigenvalue weighted by molar-refractivity contribution is -0.335. The third-order valence-corrected chi connectivity index (χ3v) is 14.7. The van der Waals surface area contributed by atoms with E-state index in [4.69, 9.17) is 33.2 Å². The Labute approximate surface area is 439 Å². The summed E-state index contributed by atoms with van der Waals surface area (Å²) in [5.41, 5.74) is -0.392. The number of hydrogen-bond acceptors (Lipinski definition) is 21. The largest absolute Gasteiger partial charge is 0.479 e. The maximum absolute atomic E-state index is 14.2. The fourth-order valence-electron chi connectivity index (χ4n) is 10.7. The third kappa shape index (κ3) is 14.3. The molecule has 20 atom stereocenters. The van der Waals surface area contributed by atoms with Crippen molar-refractivity contribution in [3.8, 4) is 11.3 Å². The molecule has 77 heavy (non-hydrogen) atoms. The standard InChI is InChI=1S/C48H69F3N6O20/c1-19-36(62)40(66)41(67)48(72-19)77-42-27(53-20(2)60)14-24(15-29(42)74-46-34(54-21(3)61)43(38(64)32(18-59)75-46)73-30(45(69)70)11-22-7-5-4-6-8-22)44(68)52-9-10-71-47-39(65)35(37(63)31(17-58)76-47)57-16-28(55-56-57)23-12-25(49)33(51)26(50)13-23/h12-13,16,19,22,24,27,29-32,34-43,46-48,58-59,62-67H,4-11,14-15,17-18H2,1-3H3,(H,52,68)(H,53,60)(H,54,61)(H,69,70)/t19?,24?,27?,29-,30+,31?,32?,34?,35?,36-,37-,38+,39?,40?,41?,42?,43?,46-,47+,48+/m1/s1. The zero-order valence-corrected chi connectivity index (χ0v) is 42.3. The van der Waals surface area contributed by atoms with E-state index in [2.05, 4.69) is 26.3 Å². The van der Waals surface area contributed by atoms with Crippen LogP contribution in [-0.2, 0) is 52.3 Å². The summed E-state index contributed by atoms with van der Waals surface area (Å²) in [6.07, 6.45) is -20.3. The summed E-state index contributed by atoms with van der Waals surface area (Å²) in [7, 11) is 0. The van der Waals surface area contributed by atoms with Crippen LogP contribution in [-0.4, -0.2) is 221 Å². The number of rotatable bonds is 20. The Morgan fingerprint density at radius 3 is 2.06 bits per heavy atom. The molecule has 0 spiro atoms. The first-order valence-corrected chi connectivity index (χ1v) is 25.6. The highest BCUT2D eigenvalue weighted by atomic mass is 19.2. The van der Waals surface area contributed by atoms with Crippen LogP contribution in [0.4, 0.5) is 13.2 Å². The van der Waals surface area contributed by atoms with Gasteiger partial charge in [0.25, 0.3) is 0 Å². The third-order valence-electron chi connectivity index (χ3n) is 14.7. The second kappa shape index (κ2) is 26.6. The quantitative estimate of drug-likeness (QED) is 0.0477. The summed E-state index contributed by atoms with van der Waals surface area (Å²) in [6, 6.07) is -2.79. The number of aliphatic hydroxyl groups excluding tert-OH is 8. The molecule has 432 valence electrons. The lowest BCUT2D eigenvalue weighted by atomic mass is 9.80. The molecule has 2 aliphatic carbocycles. The molecular formula is C48H69F3N6O20. The molecule has 0 radical (unpaired) electrons. The molecule has 4 heterocycles. The average Bonchev–Trinajstić information content (AvgIpc) is 3.87. The van der Waals surface area contributed by atoms with Gasteiger partial charge in [-0.1, -0.05) is 37.3 Å². The highest BCUT2D eigenvalue weighted by Crippen LogP contribution is 2.38. The zero-order chi connectivity index (χ0) is 56.0. The van der Waals surface area contributed by atoms with Crippen LogP contribution in [0.1, 0.15) is 78.2 Å². The number of carbonyl (C=O) groups is 4. The van der Waals surface area contributed by atoms with Crippen molar-refractivity contribution in [3.63, 3.8) is 0 Å². The number of nitrogens with zero attached hydrogens (tertiary/aromatic N) is 3. The monoisotopic (exact) mass is 1110 g/mol. The molecule has 2 saturated carbocycles. The minimum atomic E-state index is -1.87. The molecule has 3 saturated heterocycles. The van der Waals surface area contributed by atoms with Gasteiger partial charge < -0.3 is 95.1 Å². The molecule has 0 bridgehead atoms. The van der Waals surface area contributed by atoms with Gasteiger partial charge in [0.2, 0.25) is 17.7 Å². The summed E-state index contributed by atoms with van der Waals surface area (Å²) in [4.78, 5) is 52.6. The minimum Gasteiger partial charge on any atom is -0.479 e. The van der Waals surface area contributed by atoms with Gasteiger partial charge in [-0.3, -0.25) is 14.4 Å². The Morgan fingerprint density at radius 2 is 1.43 bits per heavy atom. The van der Waals surface area contributed by atoms with Gasteiger partial charge in [-0.25, -0.2) is 22.6 Å². The maximum atomic E-state index is 14.2. The predicted molar refractivity (Wildman–Crippen MR) is 250 cm³/mol. The van der Waals surface area contributed by atoms with Crippen LogP contribution in [0, 0.1) is 29.3 Å². The first kappa shape index (κ1) is 60.1. The summed E-state index contributed by atoms with van der Waals surface area (Å²) in [5, 5.41) is 113. The van der Waals surface area contributed by atoms with Crippen molar-refractivity contribution >= 4 is 23.7 Å². The van der Waals surface area contributed by atoms with Crippen molar-refractivity contribution in [2.45, 2.75) is 188 Å². The highest BCUT2D eigenvalue weighted by molar-refractivity contribution is 5.79. The maximum Gasteiger partial charge on any atom is 0.332 e. The van der Waals surface area contributed by atoms with Crippen molar-refractivity contribution in [2.24, 2.45) is 11.8 Å². The molecule has 1 aromatic heterocycles. The SMILES string of the molecule is CC(=O)NC1CC(C(=O)NCCO[C@H]2OC(CO)[C@@H](O)C(n3cc(-c4cc(F)c(F)c(F)c4)nn3)C2O)C[C@@H](O[C@@H]2OC(CO)[C@H](O)C(O[C@@H](CC3CCCCC3)C(=O)O)C2NC(C)=O)C1O[C@@H]1OC(C)[C@@H](O)C(O)C1O. The Bertz CT molecular complexity index is 2300. The normalized spacial score (nSPS) is 36.4. The van der Waals surface area contributed by atoms with Crippen LogP contribution in [0.2, 0.25) is 0 Å². The molecule has 12 N–H and O–H groups in total. The molecule has 5 aliphatic rings. The smallest absolute Gasteiger partial charge is 0.332 e. The van der Waals surface area contributed by atoms with E-state index in [1.165, 1.54) is 13.8 Å². The molecule has 7 rings (SSSR count). The topological polar surface area (TPSA) is 382 Å². The second-order valence-corrected chi connectivity index (χ2v) is 20.2. The van der Waals surface area contributed by atoms with E-state index >= 15 is 0 Å². The van der Waals surface area contributed by atoms with Gasteiger partial charge in [-0.05, 0) is 44.2 Å². The number of carboxylic acids is 1. The number of hydrogen-bond donors (Lipinski definition) is 12. The van der Waals surface area contributed by atoms with Crippen molar-refractivity contribution < 1.29 is 111 Å². The van der Waals surface area contributed by atoms with E-state index in [0.29, 0.717) is 12.1 Å². The van der Waals surface area contributed by atoms with Crippen LogP contribution in [0.3, 0.4) is 0 Å². The first-order chi connectivity index (χ1) is 36.6. The van der Waals surface area contributed by atoms with E-state index in [0.717, 1.165) is 49.9 Å². The van der Waals surface area contributed by atoms with Gasteiger partial charge in [-0.15, -0.1) is 5.10 Å². The molecule has 5 fully saturated rings.